The molecular weight excluding hydrogens is 694 g/mol. The molecule has 0 radical (unpaired) electrons. The maximum atomic E-state index is 12.1. The first-order valence-electron chi connectivity index (χ1n) is 14.7. The van der Waals surface area contributed by atoms with Gasteiger partial charge in [-0.2, -0.15) is 0 Å². The van der Waals surface area contributed by atoms with Crippen LogP contribution in [0.15, 0.2) is 88.2 Å². The van der Waals surface area contributed by atoms with Gasteiger partial charge in [0.2, 0.25) is 11.5 Å². The number of hydrogen-bond donors (Lipinski definition) is 0. The standard InChI is InChI=1S/C19H16Cl2O3.C19H14Cl2O3/c2*1-10(2)16-15-6-4-5-14(11-7-12(20)9-13(21)8-11)17(15)24-18(16)19(22)23-3/h4-10H,1-3H3;4-9H,1H2,2-3H3. The Morgan fingerprint density at radius 2 is 1.08 bits per heavy atom. The van der Waals surface area contributed by atoms with Crippen LogP contribution in [0.4, 0.5) is 0 Å². The highest BCUT2D eigenvalue weighted by Crippen LogP contribution is 2.40. The van der Waals surface area contributed by atoms with Gasteiger partial charge in [-0.15, -0.1) is 0 Å². The number of fused-ring (bicyclic) bond motifs is 2. The van der Waals surface area contributed by atoms with Gasteiger partial charge in [0.15, 0.2) is 0 Å². The minimum Gasteiger partial charge on any atom is -0.463 e. The number of furan rings is 2. The molecular formula is C38H30Cl4O6. The Morgan fingerprint density at radius 3 is 1.52 bits per heavy atom. The van der Waals surface area contributed by atoms with E-state index < -0.39 is 11.9 Å². The molecule has 0 bridgehead atoms. The fourth-order valence-corrected chi connectivity index (χ4v) is 6.66. The van der Waals surface area contributed by atoms with Crippen LogP contribution in [-0.4, -0.2) is 26.2 Å². The lowest BCUT2D eigenvalue weighted by molar-refractivity contribution is 0.0558. The van der Waals surface area contributed by atoms with Crippen molar-refractivity contribution >= 4 is 85.9 Å². The topological polar surface area (TPSA) is 78.9 Å². The molecule has 0 aliphatic heterocycles. The second-order valence-corrected chi connectivity index (χ2v) is 13.0. The van der Waals surface area contributed by atoms with E-state index in [1.54, 1.807) is 24.3 Å². The van der Waals surface area contributed by atoms with Crippen molar-refractivity contribution in [2.24, 2.45) is 0 Å². The van der Waals surface area contributed by atoms with Crippen molar-refractivity contribution in [3.63, 3.8) is 0 Å². The molecule has 246 valence electrons. The molecule has 10 heteroatoms. The summed E-state index contributed by atoms with van der Waals surface area (Å²) < 4.78 is 21.5. The van der Waals surface area contributed by atoms with Crippen LogP contribution in [0, 0.1) is 0 Å². The number of carbonyl (C=O) groups is 2. The zero-order valence-corrected chi connectivity index (χ0v) is 29.7. The average molecular weight is 724 g/mol. The van der Waals surface area contributed by atoms with E-state index in [-0.39, 0.29) is 17.4 Å². The Bertz CT molecular complexity index is 2170. The number of esters is 2. The molecule has 0 unspecified atom stereocenters. The number of para-hydroxylation sites is 2. The van der Waals surface area contributed by atoms with E-state index in [1.165, 1.54) is 14.2 Å². The normalized spacial score (nSPS) is 11.0. The van der Waals surface area contributed by atoms with Crippen LogP contribution in [0.2, 0.25) is 20.1 Å². The highest BCUT2D eigenvalue weighted by atomic mass is 35.5. The predicted molar refractivity (Wildman–Crippen MR) is 195 cm³/mol. The average Bonchev–Trinajstić information content (AvgIpc) is 3.63. The summed E-state index contributed by atoms with van der Waals surface area (Å²) >= 11 is 24.5. The minimum absolute atomic E-state index is 0.110. The molecule has 0 saturated carbocycles. The number of allylic oxidation sites excluding steroid dienone is 1. The molecule has 0 fully saturated rings. The summed E-state index contributed by atoms with van der Waals surface area (Å²) in [7, 11) is 2.66. The Labute approximate surface area is 297 Å². The highest BCUT2D eigenvalue weighted by molar-refractivity contribution is 6.35. The number of halogens is 4. The van der Waals surface area contributed by atoms with Crippen LogP contribution in [0.1, 0.15) is 58.9 Å². The third-order valence-electron chi connectivity index (χ3n) is 7.56. The minimum atomic E-state index is -0.542. The second-order valence-electron chi connectivity index (χ2n) is 11.3. The summed E-state index contributed by atoms with van der Waals surface area (Å²) in [6.45, 7) is 9.79. The molecule has 0 aliphatic rings. The molecule has 0 amide bonds. The zero-order chi connectivity index (χ0) is 34.9. The first-order valence-corrected chi connectivity index (χ1v) is 16.2. The van der Waals surface area contributed by atoms with Crippen molar-refractivity contribution in [1.82, 2.24) is 0 Å². The summed E-state index contributed by atoms with van der Waals surface area (Å²) in [5, 5.41) is 3.80. The maximum Gasteiger partial charge on any atom is 0.374 e. The van der Waals surface area contributed by atoms with Gasteiger partial charge < -0.3 is 18.3 Å². The van der Waals surface area contributed by atoms with Crippen LogP contribution >= 0.6 is 46.4 Å². The molecule has 6 rings (SSSR count). The second kappa shape index (κ2) is 14.5. The molecule has 6 nitrogen and oxygen atoms in total. The lowest BCUT2D eigenvalue weighted by atomic mass is 9.96. The number of carbonyl (C=O) groups excluding carboxylic acids is 2. The van der Waals surface area contributed by atoms with Crippen molar-refractivity contribution in [3.05, 3.63) is 122 Å². The third kappa shape index (κ3) is 6.99. The van der Waals surface area contributed by atoms with Crippen molar-refractivity contribution in [3.8, 4) is 22.3 Å². The summed E-state index contributed by atoms with van der Waals surface area (Å²) in [5.41, 5.74) is 6.64. The van der Waals surface area contributed by atoms with Gasteiger partial charge in [-0.1, -0.05) is 103 Å². The molecule has 2 aromatic heterocycles. The lowest BCUT2D eigenvalue weighted by Gasteiger charge is -2.06. The largest absolute Gasteiger partial charge is 0.463 e. The SMILES string of the molecule is C=C(C)c1c(C(=O)OC)oc2c(-c3cc(Cl)cc(Cl)c3)cccc12.COC(=O)c1oc2c(-c3cc(Cl)cc(Cl)c3)cccc2c1C(C)C. The molecule has 0 atom stereocenters. The van der Waals surface area contributed by atoms with Gasteiger partial charge >= 0.3 is 11.9 Å². The van der Waals surface area contributed by atoms with Crippen molar-refractivity contribution in [1.29, 1.82) is 0 Å². The van der Waals surface area contributed by atoms with Gasteiger partial charge in [-0.05, 0) is 65.9 Å². The summed E-state index contributed by atoms with van der Waals surface area (Å²) in [5.74, 6) is -0.536. The lowest BCUT2D eigenvalue weighted by Crippen LogP contribution is -2.03. The Morgan fingerprint density at radius 1 is 0.667 bits per heavy atom. The molecule has 0 aliphatic carbocycles. The van der Waals surface area contributed by atoms with Gasteiger partial charge in [-0.3, -0.25) is 0 Å². The van der Waals surface area contributed by atoms with Crippen molar-refractivity contribution in [2.75, 3.05) is 14.2 Å². The molecule has 4 aromatic carbocycles. The smallest absolute Gasteiger partial charge is 0.374 e. The van der Waals surface area contributed by atoms with E-state index >= 15 is 0 Å². The number of methoxy groups -OCH3 is 2. The number of hydrogen-bond acceptors (Lipinski definition) is 6. The van der Waals surface area contributed by atoms with E-state index in [1.807, 2.05) is 69.3 Å². The van der Waals surface area contributed by atoms with Crippen LogP contribution in [0.3, 0.4) is 0 Å². The van der Waals surface area contributed by atoms with E-state index in [9.17, 15) is 9.59 Å². The first kappa shape index (κ1) is 35.1. The van der Waals surface area contributed by atoms with E-state index in [0.717, 1.165) is 44.2 Å². The number of ether oxygens (including phenoxy) is 2. The van der Waals surface area contributed by atoms with Gasteiger partial charge in [0, 0.05) is 53.1 Å². The van der Waals surface area contributed by atoms with Gasteiger partial charge in [0.1, 0.15) is 11.2 Å². The molecule has 2 heterocycles. The summed E-state index contributed by atoms with van der Waals surface area (Å²) in [4.78, 5) is 24.2. The number of rotatable bonds is 6. The Balaban J connectivity index is 0.000000188. The van der Waals surface area contributed by atoms with Gasteiger partial charge in [0.25, 0.3) is 0 Å². The molecule has 6 aromatic rings. The van der Waals surface area contributed by atoms with Crippen molar-refractivity contribution < 1.29 is 27.9 Å². The predicted octanol–water partition coefficient (Wildman–Crippen LogP) is 12.5. The summed E-state index contributed by atoms with van der Waals surface area (Å²) in [6, 6.07) is 22.0. The van der Waals surface area contributed by atoms with Crippen LogP contribution in [-0.2, 0) is 9.47 Å². The Kier molecular flexibility index (Phi) is 10.6. The van der Waals surface area contributed by atoms with Crippen LogP contribution < -0.4 is 0 Å². The first-order chi connectivity index (χ1) is 22.8. The van der Waals surface area contributed by atoms with Gasteiger partial charge in [-0.25, -0.2) is 9.59 Å². The van der Waals surface area contributed by atoms with E-state index in [0.29, 0.717) is 36.8 Å². The van der Waals surface area contributed by atoms with E-state index in [4.69, 9.17) is 64.7 Å². The van der Waals surface area contributed by atoms with E-state index in [2.05, 4.69) is 6.58 Å². The third-order valence-corrected chi connectivity index (χ3v) is 8.44. The van der Waals surface area contributed by atoms with Crippen molar-refractivity contribution in [2.45, 2.75) is 26.7 Å². The summed E-state index contributed by atoms with van der Waals surface area (Å²) in [6.07, 6.45) is 0. The van der Waals surface area contributed by atoms with Crippen LogP contribution in [0.5, 0.6) is 0 Å². The molecule has 0 spiro atoms. The fraction of sp³-hybridized carbons (Fsp3) is 0.158. The Hall–Kier alpha value is -4.20. The number of benzene rings is 4. The zero-order valence-electron chi connectivity index (χ0n) is 26.7. The molecule has 0 N–H and O–H groups in total. The molecule has 0 saturated heterocycles. The van der Waals surface area contributed by atoms with Gasteiger partial charge in [0.05, 0.1) is 14.2 Å². The highest BCUT2D eigenvalue weighted by Gasteiger charge is 2.26. The fourth-order valence-electron chi connectivity index (χ4n) is 5.61. The molecule has 48 heavy (non-hydrogen) atoms. The quantitative estimate of drug-likeness (QED) is 0.159. The van der Waals surface area contributed by atoms with Crippen LogP contribution in [0.25, 0.3) is 49.8 Å². The monoisotopic (exact) mass is 722 g/mol. The maximum absolute atomic E-state index is 12.1.